The molecular formula is C15H29ClN2O2. The molecule has 5 heteroatoms. The zero-order chi connectivity index (χ0) is 15.4. The summed E-state index contributed by atoms with van der Waals surface area (Å²) in [6.07, 6.45) is 4.19. The van der Waals surface area contributed by atoms with Crippen LogP contribution in [0.15, 0.2) is 0 Å². The number of carbonyl (C=O) groups excluding carboxylic acids is 1. The molecule has 1 amide bonds. The van der Waals surface area contributed by atoms with E-state index >= 15 is 0 Å². The Kier molecular flexibility index (Phi) is 6.29. The molecular weight excluding hydrogens is 276 g/mol. The summed E-state index contributed by atoms with van der Waals surface area (Å²) in [4.78, 5) is 12.3. The van der Waals surface area contributed by atoms with Gasteiger partial charge in [-0.1, -0.05) is 0 Å². The minimum Gasteiger partial charge on any atom is -0.385 e. The van der Waals surface area contributed by atoms with Crippen molar-refractivity contribution < 1.29 is 9.53 Å². The van der Waals surface area contributed by atoms with E-state index in [1.165, 1.54) is 6.42 Å². The Bertz CT molecular complexity index is 316. The zero-order valence-electron chi connectivity index (χ0n) is 13.5. The number of hydrogen-bond acceptors (Lipinski definition) is 3. The van der Waals surface area contributed by atoms with E-state index in [1.807, 2.05) is 5.01 Å². The van der Waals surface area contributed by atoms with Crippen LogP contribution in [0.25, 0.3) is 0 Å². The number of hydrazine groups is 1. The van der Waals surface area contributed by atoms with Crippen LogP contribution in [0.2, 0.25) is 0 Å². The third-order valence-corrected chi connectivity index (χ3v) is 4.31. The van der Waals surface area contributed by atoms with Gasteiger partial charge in [0.2, 0.25) is 0 Å². The third-order valence-electron chi connectivity index (χ3n) is 4.09. The molecule has 1 aliphatic heterocycles. The van der Waals surface area contributed by atoms with Crippen molar-refractivity contribution in [1.29, 1.82) is 0 Å². The monoisotopic (exact) mass is 304 g/mol. The molecule has 0 aromatic heterocycles. The first-order valence-electron chi connectivity index (χ1n) is 7.42. The van der Waals surface area contributed by atoms with Crippen LogP contribution in [0.3, 0.4) is 0 Å². The van der Waals surface area contributed by atoms with Gasteiger partial charge in [-0.3, -0.25) is 9.80 Å². The molecule has 1 rings (SSSR count). The number of amides is 1. The van der Waals surface area contributed by atoms with E-state index in [0.717, 1.165) is 19.3 Å². The predicted molar refractivity (Wildman–Crippen MR) is 82.8 cm³/mol. The molecule has 1 saturated heterocycles. The Labute approximate surface area is 128 Å². The average Bonchev–Trinajstić information content (AvgIpc) is 2.34. The summed E-state index contributed by atoms with van der Waals surface area (Å²) in [6, 6.07) is 0. The van der Waals surface area contributed by atoms with E-state index in [9.17, 15) is 4.79 Å². The average molecular weight is 305 g/mol. The van der Waals surface area contributed by atoms with Gasteiger partial charge in [0.05, 0.1) is 0 Å². The molecule has 1 aliphatic rings. The second-order valence-electron chi connectivity index (χ2n) is 6.79. The molecule has 1 fully saturated rings. The van der Waals surface area contributed by atoms with Gasteiger partial charge in [-0.05, 0) is 53.4 Å². The van der Waals surface area contributed by atoms with E-state index in [-0.39, 0.29) is 22.9 Å². The number of rotatable bonds is 6. The highest BCUT2D eigenvalue weighted by Crippen LogP contribution is 2.39. The van der Waals surface area contributed by atoms with E-state index in [1.54, 1.807) is 7.11 Å². The molecule has 0 atom stereocenters. The van der Waals surface area contributed by atoms with Gasteiger partial charge in [0.1, 0.15) is 5.88 Å². The van der Waals surface area contributed by atoms with Crippen molar-refractivity contribution >= 4 is 17.5 Å². The van der Waals surface area contributed by atoms with Crippen LogP contribution in [0, 0.1) is 0 Å². The fourth-order valence-corrected chi connectivity index (χ4v) is 3.54. The molecule has 0 saturated carbocycles. The standard InChI is InChI=1S/C15H29ClN2O2/c1-14(2)8-6-9-15(3,4)18(14)17(13(19)12-16)10-7-11-20-5/h6-12H2,1-5H3. The van der Waals surface area contributed by atoms with Crippen LogP contribution in [-0.2, 0) is 9.53 Å². The van der Waals surface area contributed by atoms with Gasteiger partial charge in [-0.15, -0.1) is 11.6 Å². The highest BCUT2D eigenvalue weighted by atomic mass is 35.5. The highest BCUT2D eigenvalue weighted by molar-refractivity contribution is 6.27. The Morgan fingerprint density at radius 2 is 1.80 bits per heavy atom. The first-order chi connectivity index (χ1) is 9.26. The molecule has 0 aromatic rings. The Morgan fingerprint density at radius 3 is 2.25 bits per heavy atom. The number of nitrogens with zero attached hydrogens (tertiary/aromatic N) is 2. The van der Waals surface area contributed by atoms with Crippen LogP contribution in [0.4, 0.5) is 0 Å². The maximum absolute atomic E-state index is 12.3. The smallest absolute Gasteiger partial charge is 0.251 e. The summed E-state index contributed by atoms with van der Waals surface area (Å²) in [5.41, 5.74) is -0.0624. The third kappa shape index (κ3) is 4.09. The summed E-state index contributed by atoms with van der Waals surface area (Å²) in [5.74, 6) is 0.00107. The van der Waals surface area contributed by atoms with Crippen molar-refractivity contribution in [1.82, 2.24) is 10.0 Å². The highest BCUT2D eigenvalue weighted by Gasteiger charge is 2.45. The maximum atomic E-state index is 12.3. The number of ether oxygens (including phenoxy) is 1. The van der Waals surface area contributed by atoms with Gasteiger partial charge in [0.25, 0.3) is 5.91 Å². The zero-order valence-corrected chi connectivity index (χ0v) is 14.3. The molecule has 20 heavy (non-hydrogen) atoms. The molecule has 0 unspecified atom stereocenters. The number of alkyl halides is 1. The number of piperidine rings is 1. The van der Waals surface area contributed by atoms with Crippen molar-refractivity contribution in [3.8, 4) is 0 Å². The minimum atomic E-state index is -0.0312. The molecule has 118 valence electrons. The number of halogens is 1. The lowest BCUT2D eigenvalue weighted by atomic mass is 9.81. The molecule has 0 N–H and O–H groups in total. The van der Waals surface area contributed by atoms with Crippen molar-refractivity contribution in [3.05, 3.63) is 0 Å². The van der Waals surface area contributed by atoms with Crippen LogP contribution in [-0.4, -0.2) is 53.1 Å². The second kappa shape index (κ2) is 7.10. The van der Waals surface area contributed by atoms with Crippen molar-refractivity contribution in [2.75, 3.05) is 26.1 Å². The van der Waals surface area contributed by atoms with Crippen molar-refractivity contribution in [3.63, 3.8) is 0 Å². The van der Waals surface area contributed by atoms with Gasteiger partial charge >= 0.3 is 0 Å². The largest absolute Gasteiger partial charge is 0.385 e. The van der Waals surface area contributed by atoms with E-state index in [4.69, 9.17) is 16.3 Å². The fourth-order valence-electron chi connectivity index (χ4n) is 3.40. The molecule has 1 heterocycles. The van der Waals surface area contributed by atoms with Crippen LogP contribution in [0.1, 0.15) is 53.4 Å². The summed E-state index contributed by atoms with van der Waals surface area (Å²) >= 11 is 5.82. The number of carbonyl (C=O) groups is 1. The summed E-state index contributed by atoms with van der Waals surface area (Å²) < 4.78 is 5.11. The lowest BCUT2D eigenvalue weighted by molar-refractivity contribution is -0.194. The molecule has 0 radical (unpaired) electrons. The van der Waals surface area contributed by atoms with Gasteiger partial charge in [-0.25, -0.2) is 5.01 Å². The number of hydrogen-bond donors (Lipinski definition) is 0. The topological polar surface area (TPSA) is 32.8 Å². The molecule has 0 spiro atoms. The minimum absolute atomic E-state index is 0.0224. The maximum Gasteiger partial charge on any atom is 0.251 e. The Morgan fingerprint density at radius 1 is 1.25 bits per heavy atom. The van der Waals surface area contributed by atoms with Gasteiger partial charge in [0.15, 0.2) is 0 Å². The molecule has 0 bridgehead atoms. The summed E-state index contributed by atoms with van der Waals surface area (Å²) in [6.45, 7) is 10.1. The summed E-state index contributed by atoms with van der Waals surface area (Å²) in [5, 5.41) is 4.11. The first-order valence-corrected chi connectivity index (χ1v) is 7.95. The predicted octanol–water partition coefficient (Wildman–Crippen LogP) is 3.05. The molecule has 4 nitrogen and oxygen atoms in total. The first kappa shape index (κ1) is 17.7. The lowest BCUT2D eigenvalue weighted by Gasteiger charge is -2.56. The quantitative estimate of drug-likeness (QED) is 0.558. The normalized spacial score (nSPS) is 21.7. The fraction of sp³-hybridized carbons (Fsp3) is 0.933. The SMILES string of the molecule is COCCCN(C(=O)CCl)N1C(C)(C)CCCC1(C)C. The second-order valence-corrected chi connectivity index (χ2v) is 7.05. The van der Waals surface area contributed by atoms with Crippen LogP contribution >= 0.6 is 11.6 Å². The van der Waals surface area contributed by atoms with E-state index in [2.05, 4.69) is 32.7 Å². The van der Waals surface area contributed by atoms with Crippen molar-refractivity contribution in [2.24, 2.45) is 0 Å². The van der Waals surface area contributed by atoms with Crippen LogP contribution in [0.5, 0.6) is 0 Å². The Balaban J connectivity index is 2.98. The van der Waals surface area contributed by atoms with Gasteiger partial charge < -0.3 is 4.74 Å². The summed E-state index contributed by atoms with van der Waals surface area (Å²) in [7, 11) is 1.68. The lowest BCUT2D eigenvalue weighted by Crippen LogP contribution is -2.67. The molecule has 0 aliphatic carbocycles. The molecule has 0 aromatic carbocycles. The Hall–Kier alpha value is -0.320. The number of methoxy groups -OCH3 is 1. The van der Waals surface area contributed by atoms with E-state index < -0.39 is 0 Å². The van der Waals surface area contributed by atoms with Gasteiger partial charge in [-0.2, -0.15) is 0 Å². The van der Waals surface area contributed by atoms with Crippen molar-refractivity contribution in [2.45, 2.75) is 64.5 Å². The van der Waals surface area contributed by atoms with Crippen LogP contribution < -0.4 is 0 Å². The van der Waals surface area contributed by atoms with E-state index in [0.29, 0.717) is 13.2 Å². The van der Waals surface area contributed by atoms with Gasteiger partial charge in [0, 0.05) is 31.3 Å².